The minimum Gasteiger partial charge on any atom is -0.248 e. The van der Waals surface area contributed by atoms with Gasteiger partial charge in [0.1, 0.15) is 0 Å². The molecule has 0 radical (unpaired) electrons. The fourth-order valence-electron chi connectivity index (χ4n) is 8.84. The van der Waals surface area contributed by atoms with Gasteiger partial charge in [0.05, 0.1) is 22.4 Å². The summed E-state index contributed by atoms with van der Waals surface area (Å²) in [6.45, 7) is 0. The molecule has 5 heteroatoms. The van der Waals surface area contributed by atoms with Crippen LogP contribution in [0.15, 0.2) is 200 Å². The second kappa shape index (κ2) is 13.8. The zero-order valence-corrected chi connectivity index (χ0v) is 32.3. The van der Waals surface area contributed by atoms with Gasteiger partial charge in [0.25, 0.3) is 0 Å². The SMILES string of the molecule is c1ccc(-c2nc(-c3ccccc3)nc(-c3cccc(-c4nc5ccccc5c5ccc6nc(-c7ccc8c9ccccc9c9ccccc9c8c7)ccc6c45)c3)n2)cc1. The zero-order valence-electron chi connectivity index (χ0n) is 32.3. The summed E-state index contributed by atoms with van der Waals surface area (Å²) in [5, 5.41) is 11.8. The van der Waals surface area contributed by atoms with Crippen molar-refractivity contribution in [2.24, 2.45) is 0 Å². The van der Waals surface area contributed by atoms with Crippen LogP contribution in [-0.4, -0.2) is 24.9 Å². The van der Waals surface area contributed by atoms with E-state index in [9.17, 15) is 0 Å². The maximum absolute atomic E-state index is 5.38. The van der Waals surface area contributed by atoms with Gasteiger partial charge in [0, 0.05) is 44.0 Å². The van der Waals surface area contributed by atoms with Crippen LogP contribution in [0.25, 0.3) is 122 Å². The van der Waals surface area contributed by atoms with Crippen LogP contribution in [0.5, 0.6) is 0 Å². The van der Waals surface area contributed by atoms with Crippen LogP contribution < -0.4 is 0 Å². The Labute approximate surface area is 345 Å². The molecule has 0 fully saturated rings. The number of pyridine rings is 2. The van der Waals surface area contributed by atoms with Crippen LogP contribution in [-0.2, 0) is 0 Å². The molecule has 0 saturated heterocycles. The number of para-hydroxylation sites is 1. The lowest BCUT2D eigenvalue weighted by Crippen LogP contribution is -2.00. The highest BCUT2D eigenvalue weighted by Gasteiger charge is 2.18. The lowest BCUT2D eigenvalue weighted by Gasteiger charge is -2.15. The summed E-state index contributed by atoms with van der Waals surface area (Å²) in [5.41, 5.74) is 8.45. The molecule has 0 saturated carbocycles. The van der Waals surface area contributed by atoms with E-state index in [0.29, 0.717) is 17.5 Å². The van der Waals surface area contributed by atoms with Gasteiger partial charge in [-0.15, -0.1) is 0 Å². The van der Waals surface area contributed by atoms with Crippen molar-refractivity contribution in [3.05, 3.63) is 200 Å². The van der Waals surface area contributed by atoms with E-state index in [0.717, 1.165) is 71.8 Å². The summed E-state index contributed by atoms with van der Waals surface area (Å²) in [6, 6.07) is 69.8. The highest BCUT2D eigenvalue weighted by Crippen LogP contribution is 2.40. The number of hydrogen-bond acceptors (Lipinski definition) is 5. The minimum atomic E-state index is 0.599. The van der Waals surface area contributed by atoms with Crippen LogP contribution in [0.3, 0.4) is 0 Å². The second-order valence-electron chi connectivity index (χ2n) is 15.2. The highest BCUT2D eigenvalue weighted by atomic mass is 15.0. The molecule has 3 heterocycles. The molecule has 9 aromatic carbocycles. The molecule has 0 bridgehead atoms. The summed E-state index contributed by atoms with van der Waals surface area (Å²) in [7, 11) is 0. The van der Waals surface area contributed by atoms with E-state index in [1.54, 1.807) is 0 Å². The number of benzene rings is 9. The van der Waals surface area contributed by atoms with Crippen LogP contribution in [0.1, 0.15) is 0 Å². The van der Waals surface area contributed by atoms with Gasteiger partial charge in [-0.2, -0.15) is 0 Å². The van der Waals surface area contributed by atoms with Crippen LogP contribution in [0, 0.1) is 0 Å². The Bertz CT molecular complexity index is 3570. The normalized spacial score (nSPS) is 11.7. The average Bonchev–Trinajstić information content (AvgIpc) is 3.33. The van der Waals surface area contributed by atoms with Gasteiger partial charge in [0.2, 0.25) is 0 Å². The first kappa shape index (κ1) is 33.9. The van der Waals surface area contributed by atoms with Gasteiger partial charge in [-0.3, -0.25) is 0 Å². The van der Waals surface area contributed by atoms with E-state index in [1.807, 2.05) is 66.7 Å². The van der Waals surface area contributed by atoms with Crippen molar-refractivity contribution in [1.82, 2.24) is 24.9 Å². The largest absolute Gasteiger partial charge is 0.248 e. The topological polar surface area (TPSA) is 64.5 Å². The maximum atomic E-state index is 5.38. The Morgan fingerprint density at radius 2 is 0.717 bits per heavy atom. The van der Waals surface area contributed by atoms with E-state index < -0.39 is 0 Å². The van der Waals surface area contributed by atoms with Crippen molar-refractivity contribution in [2.75, 3.05) is 0 Å². The number of hydrogen-bond donors (Lipinski definition) is 0. The third kappa shape index (κ3) is 5.59. The first-order valence-corrected chi connectivity index (χ1v) is 20.2. The molecule has 0 amide bonds. The number of aromatic nitrogens is 5. The predicted molar refractivity (Wildman–Crippen MR) is 248 cm³/mol. The van der Waals surface area contributed by atoms with Gasteiger partial charge in [-0.1, -0.05) is 164 Å². The standard InChI is InChI=1S/C55H33N5/c1-3-14-34(15-4-1)53-58-54(35-16-5-2-6-17-35)60-55(59-53)38-19-13-18-37(32-38)52-51-45(44-24-11-12-25-49(44)57-52)28-31-50-46(51)29-30-48(56-50)36-26-27-43-41-22-8-7-20-39(41)40-21-9-10-23-42(40)47(43)33-36/h1-33H. The third-order valence-electron chi connectivity index (χ3n) is 11.7. The molecule has 12 rings (SSSR count). The fraction of sp³-hybridized carbons (Fsp3) is 0. The molecule has 0 aliphatic carbocycles. The van der Waals surface area contributed by atoms with E-state index in [1.165, 1.54) is 32.3 Å². The molecule has 278 valence electrons. The Balaban J connectivity index is 1.03. The Morgan fingerprint density at radius 1 is 0.233 bits per heavy atom. The number of rotatable bonds is 5. The average molecular weight is 764 g/mol. The Hall–Kier alpha value is -8.15. The number of nitrogens with zero attached hydrogens (tertiary/aromatic N) is 5. The van der Waals surface area contributed by atoms with Crippen LogP contribution in [0.4, 0.5) is 0 Å². The van der Waals surface area contributed by atoms with Crippen molar-refractivity contribution < 1.29 is 0 Å². The molecular weight excluding hydrogens is 731 g/mol. The van der Waals surface area contributed by atoms with E-state index in [4.69, 9.17) is 24.9 Å². The number of fused-ring (bicyclic) bond motifs is 11. The Morgan fingerprint density at radius 3 is 1.38 bits per heavy atom. The van der Waals surface area contributed by atoms with Gasteiger partial charge in [-0.25, -0.2) is 24.9 Å². The summed E-state index contributed by atoms with van der Waals surface area (Å²) in [6.07, 6.45) is 0. The summed E-state index contributed by atoms with van der Waals surface area (Å²) < 4.78 is 0. The lowest BCUT2D eigenvalue weighted by molar-refractivity contribution is 1.07. The van der Waals surface area contributed by atoms with E-state index in [-0.39, 0.29) is 0 Å². The maximum Gasteiger partial charge on any atom is 0.164 e. The van der Waals surface area contributed by atoms with Crippen molar-refractivity contribution in [3.8, 4) is 56.7 Å². The first-order valence-electron chi connectivity index (χ1n) is 20.2. The molecule has 3 aromatic heterocycles. The first-order chi connectivity index (χ1) is 29.7. The van der Waals surface area contributed by atoms with Gasteiger partial charge >= 0.3 is 0 Å². The summed E-state index contributed by atoms with van der Waals surface area (Å²) in [5.74, 6) is 1.85. The van der Waals surface area contributed by atoms with Crippen molar-refractivity contribution in [1.29, 1.82) is 0 Å². The van der Waals surface area contributed by atoms with Gasteiger partial charge in [0.15, 0.2) is 17.5 Å². The van der Waals surface area contributed by atoms with Crippen molar-refractivity contribution >= 4 is 64.9 Å². The quantitative estimate of drug-likeness (QED) is 0.163. The molecular formula is C55H33N5. The predicted octanol–water partition coefficient (Wildman–Crippen LogP) is 13.9. The molecule has 0 unspecified atom stereocenters. The van der Waals surface area contributed by atoms with E-state index in [2.05, 4.69) is 133 Å². The summed E-state index contributed by atoms with van der Waals surface area (Å²) >= 11 is 0. The molecule has 0 atom stereocenters. The third-order valence-corrected chi connectivity index (χ3v) is 11.7. The molecule has 5 nitrogen and oxygen atoms in total. The molecule has 0 N–H and O–H groups in total. The highest BCUT2D eigenvalue weighted by molar-refractivity contribution is 6.26. The molecule has 12 aromatic rings. The van der Waals surface area contributed by atoms with Gasteiger partial charge in [-0.05, 0) is 74.1 Å². The lowest BCUT2D eigenvalue weighted by atomic mass is 9.92. The zero-order chi connectivity index (χ0) is 39.6. The van der Waals surface area contributed by atoms with Crippen LogP contribution >= 0.6 is 0 Å². The smallest absolute Gasteiger partial charge is 0.164 e. The van der Waals surface area contributed by atoms with Crippen molar-refractivity contribution in [2.45, 2.75) is 0 Å². The Kier molecular flexibility index (Phi) is 7.78. The van der Waals surface area contributed by atoms with E-state index >= 15 is 0 Å². The van der Waals surface area contributed by atoms with Gasteiger partial charge < -0.3 is 0 Å². The monoisotopic (exact) mass is 763 g/mol. The molecule has 0 aliphatic heterocycles. The fourth-order valence-corrected chi connectivity index (χ4v) is 8.84. The molecule has 0 spiro atoms. The second-order valence-corrected chi connectivity index (χ2v) is 15.2. The molecule has 60 heavy (non-hydrogen) atoms. The molecule has 0 aliphatic rings. The minimum absolute atomic E-state index is 0.599. The van der Waals surface area contributed by atoms with Crippen LogP contribution in [0.2, 0.25) is 0 Å². The van der Waals surface area contributed by atoms with Crippen molar-refractivity contribution in [3.63, 3.8) is 0 Å². The summed E-state index contributed by atoms with van der Waals surface area (Å²) in [4.78, 5) is 25.7.